The Kier molecular flexibility index (Phi) is 4.22. The van der Waals surface area contributed by atoms with Gasteiger partial charge in [0.25, 0.3) is 0 Å². The van der Waals surface area contributed by atoms with E-state index in [0.29, 0.717) is 10.8 Å². The van der Waals surface area contributed by atoms with Crippen molar-refractivity contribution in [2.24, 2.45) is 5.41 Å². The molecule has 0 aromatic heterocycles. The quantitative estimate of drug-likeness (QED) is 0.458. The SMILES string of the molecule is CC(C)(C)C(Cl)C(=O)Oc1ccccc1Cl. The van der Waals surface area contributed by atoms with Crippen LogP contribution in [0, 0.1) is 5.41 Å². The standard InChI is InChI=1S/C12H14Cl2O2/c1-12(2,3)10(14)11(15)16-9-7-5-4-6-8(9)13/h4-7,10H,1-3H3. The highest BCUT2D eigenvalue weighted by Gasteiger charge is 2.31. The van der Waals surface area contributed by atoms with Crippen LogP contribution in [0.5, 0.6) is 5.75 Å². The summed E-state index contributed by atoms with van der Waals surface area (Å²) in [4.78, 5) is 11.7. The van der Waals surface area contributed by atoms with Crippen LogP contribution in [0.2, 0.25) is 5.02 Å². The Morgan fingerprint density at radius 3 is 2.38 bits per heavy atom. The molecule has 1 atom stereocenters. The Hall–Kier alpha value is -0.730. The molecule has 1 aromatic rings. The zero-order valence-corrected chi connectivity index (χ0v) is 11.0. The van der Waals surface area contributed by atoms with E-state index < -0.39 is 11.3 Å². The zero-order valence-electron chi connectivity index (χ0n) is 9.46. The molecule has 88 valence electrons. The van der Waals surface area contributed by atoms with Crippen LogP contribution < -0.4 is 4.74 Å². The highest BCUT2D eigenvalue weighted by molar-refractivity contribution is 6.33. The number of esters is 1. The van der Waals surface area contributed by atoms with Gasteiger partial charge in [0, 0.05) is 0 Å². The first-order valence-corrected chi connectivity index (χ1v) is 5.74. The molecular formula is C12H14Cl2O2. The predicted octanol–water partition coefficient (Wildman–Crippen LogP) is 3.90. The van der Waals surface area contributed by atoms with Gasteiger partial charge >= 0.3 is 5.97 Å². The highest BCUT2D eigenvalue weighted by Crippen LogP contribution is 2.28. The van der Waals surface area contributed by atoms with Gasteiger partial charge in [0.1, 0.15) is 11.1 Å². The van der Waals surface area contributed by atoms with E-state index in [1.165, 1.54) is 0 Å². The average Bonchev–Trinajstić information content (AvgIpc) is 2.19. The molecule has 4 heteroatoms. The van der Waals surface area contributed by atoms with E-state index in [1.54, 1.807) is 24.3 Å². The normalized spacial score (nSPS) is 13.3. The summed E-state index contributed by atoms with van der Waals surface area (Å²) in [5.74, 6) is -0.147. The third-order valence-corrected chi connectivity index (χ3v) is 3.16. The van der Waals surface area contributed by atoms with Gasteiger partial charge in [-0.3, -0.25) is 4.79 Å². The van der Waals surface area contributed by atoms with Crippen LogP contribution in [0.4, 0.5) is 0 Å². The Morgan fingerprint density at radius 2 is 1.88 bits per heavy atom. The molecule has 0 saturated carbocycles. The number of rotatable bonds is 2. The minimum atomic E-state index is -0.705. The fourth-order valence-corrected chi connectivity index (χ4v) is 1.26. The van der Waals surface area contributed by atoms with Crippen LogP contribution in [0.3, 0.4) is 0 Å². The first kappa shape index (κ1) is 13.3. The molecule has 0 spiro atoms. The van der Waals surface area contributed by atoms with E-state index in [-0.39, 0.29) is 5.41 Å². The van der Waals surface area contributed by atoms with Crippen molar-refractivity contribution in [2.75, 3.05) is 0 Å². The van der Waals surface area contributed by atoms with Crippen molar-refractivity contribution in [1.82, 2.24) is 0 Å². The summed E-state index contributed by atoms with van der Waals surface area (Å²) in [6.07, 6.45) is 0. The maximum Gasteiger partial charge on any atom is 0.330 e. The Morgan fingerprint density at radius 1 is 1.31 bits per heavy atom. The van der Waals surface area contributed by atoms with Gasteiger partial charge in [-0.2, -0.15) is 0 Å². The molecule has 1 rings (SSSR count). The molecule has 2 nitrogen and oxygen atoms in total. The number of benzene rings is 1. The van der Waals surface area contributed by atoms with Crippen molar-refractivity contribution in [2.45, 2.75) is 26.1 Å². The van der Waals surface area contributed by atoms with Crippen LogP contribution >= 0.6 is 23.2 Å². The number of carbonyl (C=O) groups excluding carboxylic acids is 1. The van der Waals surface area contributed by atoms with E-state index in [9.17, 15) is 4.79 Å². The second-order valence-corrected chi connectivity index (χ2v) is 5.42. The summed E-state index contributed by atoms with van der Waals surface area (Å²) in [5, 5.41) is -0.308. The molecular weight excluding hydrogens is 247 g/mol. The number of ether oxygens (including phenoxy) is 1. The Labute approximate surface area is 106 Å². The second kappa shape index (κ2) is 5.07. The number of hydrogen-bond donors (Lipinski definition) is 0. The lowest BCUT2D eigenvalue weighted by Gasteiger charge is -2.23. The van der Waals surface area contributed by atoms with Gasteiger partial charge in [-0.05, 0) is 17.5 Å². The first-order valence-electron chi connectivity index (χ1n) is 4.92. The van der Waals surface area contributed by atoms with E-state index in [4.69, 9.17) is 27.9 Å². The second-order valence-electron chi connectivity index (χ2n) is 4.58. The highest BCUT2D eigenvalue weighted by atomic mass is 35.5. The molecule has 0 amide bonds. The van der Waals surface area contributed by atoms with Crippen molar-refractivity contribution < 1.29 is 9.53 Å². The van der Waals surface area contributed by atoms with Gasteiger partial charge in [-0.1, -0.05) is 44.5 Å². The van der Waals surface area contributed by atoms with Gasteiger partial charge in [0.2, 0.25) is 0 Å². The predicted molar refractivity (Wildman–Crippen MR) is 66.2 cm³/mol. The van der Waals surface area contributed by atoms with Gasteiger partial charge in [0.15, 0.2) is 0 Å². The third-order valence-electron chi connectivity index (χ3n) is 2.01. The molecule has 0 heterocycles. The number of halogens is 2. The fraction of sp³-hybridized carbons (Fsp3) is 0.417. The molecule has 0 N–H and O–H groups in total. The maximum atomic E-state index is 11.7. The zero-order chi connectivity index (χ0) is 12.3. The van der Waals surface area contributed by atoms with Gasteiger partial charge < -0.3 is 4.74 Å². The Balaban J connectivity index is 2.76. The van der Waals surface area contributed by atoms with Gasteiger partial charge in [0.05, 0.1) is 5.02 Å². The van der Waals surface area contributed by atoms with Gasteiger partial charge in [-0.15, -0.1) is 11.6 Å². The molecule has 16 heavy (non-hydrogen) atoms. The maximum absolute atomic E-state index is 11.7. The van der Waals surface area contributed by atoms with E-state index in [0.717, 1.165) is 0 Å². The first-order chi connectivity index (χ1) is 7.32. The minimum Gasteiger partial charge on any atom is -0.424 e. The van der Waals surface area contributed by atoms with Crippen LogP contribution in [-0.2, 0) is 4.79 Å². The van der Waals surface area contributed by atoms with Crippen LogP contribution in [0.1, 0.15) is 20.8 Å². The molecule has 0 aliphatic carbocycles. The monoisotopic (exact) mass is 260 g/mol. The molecule has 0 fully saturated rings. The van der Waals surface area contributed by atoms with Gasteiger partial charge in [-0.25, -0.2) is 0 Å². The summed E-state index contributed by atoms with van der Waals surface area (Å²) in [6, 6.07) is 6.80. The number of hydrogen-bond acceptors (Lipinski definition) is 2. The smallest absolute Gasteiger partial charge is 0.330 e. The average molecular weight is 261 g/mol. The third kappa shape index (κ3) is 3.39. The molecule has 1 aromatic carbocycles. The summed E-state index contributed by atoms with van der Waals surface area (Å²) in [7, 11) is 0. The lowest BCUT2D eigenvalue weighted by Crippen LogP contribution is -2.32. The van der Waals surface area contributed by atoms with Crippen LogP contribution in [0.15, 0.2) is 24.3 Å². The lowest BCUT2D eigenvalue weighted by atomic mass is 9.92. The lowest BCUT2D eigenvalue weighted by molar-refractivity contribution is -0.135. The molecule has 0 radical (unpaired) electrons. The molecule has 1 unspecified atom stereocenters. The van der Waals surface area contributed by atoms with Crippen molar-refractivity contribution in [3.8, 4) is 5.75 Å². The number of para-hydroxylation sites is 1. The Bertz CT molecular complexity index is 383. The number of carbonyl (C=O) groups is 1. The topological polar surface area (TPSA) is 26.3 Å². The van der Waals surface area contributed by atoms with E-state index in [2.05, 4.69) is 0 Å². The van der Waals surface area contributed by atoms with Crippen molar-refractivity contribution in [1.29, 1.82) is 0 Å². The molecule has 0 aliphatic rings. The number of alkyl halides is 1. The minimum absolute atomic E-state index is 0.337. The summed E-state index contributed by atoms with van der Waals surface area (Å²) in [6.45, 7) is 5.62. The molecule has 0 aliphatic heterocycles. The van der Waals surface area contributed by atoms with E-state index in [1.807, 2.05) is 20.8 Å². The van der Waals surface area contributed by atoms with Crippen molar-refractivity contribution in [3.05, 3.63) is 29.3 Å². The molecule has 0 saturated heterocycles. The summed E-state index contributed by atoms with van der Waals surface area (Å²) in [5.41, 5.74) is -0.347. The van der Waals surface area contributed by atoms with E-state index >= 15 is 0 Å². The largest absolute Gasteiger partial charge is 0.424 e. The van der Waals surface area contributed by atoms with Crippen molar-refractivity contribution in [3.63, 3.8) is 0 Å². The molecule has 0 bridgehead atoms. The fourth-order valence-electron chi connectivity index (χ4n) is 1.04. The van der Waals surface area contributed by atoms with Crippen LogP contribution in [0.25, 0.3) is 0 Å². The van der Waals surface area contributed by atoms with Crippen LogP contribution in [-0.4, -0.2) is 11.3 Å². The van der Waals surface area contributed by atoms with Crippen molar-refractivity contribution >= 4 is 29.2 Å². The summed E-state index contributed by atoms with van der Waals surface area (Å²) >= 11 is 11.9. The summed E-state index contributed by atoms with van der Waals surface area (Å²) < 4.78 is 5.13.